The summed E-state index contributed by atoms with van der Waals surface area (Å²) in [5.41, 5.74) is 5.78. The molecule has 7 heteroatoms. The van der Waals surface area contributed by atoms with Crippen LogP contribution in [0.4, 0.5) is 5.82 Å². The smallest absolute Gasteiger partial charge is 0.329 e. The molecule has 19 heavy (non-hydrogen) atoms. The average Bonchev–Trinajstić information content (AvgIpc) is 2.90. The molecule has 0 bridgehead atoms. The molecule has 1 saturated heterocycles. The van der Waals surface area contributed by atoms with Gasteiger partial charge in [-0.2, -0.15) is 0 Å². The quantitative estimate of drug-likeness (QED) is 0.605. The number of hydrogen-bond donors (Lipinski definition) is 1. The first-order valence-electron chi connectivity index (χ1n) is 5.82. The summed E-state index contributed by atoms with van der Waals surface area (Å²) >= 11 is 1.54. The van der Waals surface area contributed by atoms with Crippen molar-refractivity contribution in [2.75, 3.05) is 24.5 Å². The van der Waals surface area contributed by atoms with Crippen LogP contribution in [0, 0.1) is 0 Å². The van der Waals surface area contributed by atoms with Crippen LogP contribution in [0.1, 0.15) is 0 Å². The Kier molecular flexibility index (Phi) is 4.26. The van der Waals surface area contributed by atoms with E-state index in [1.165, 1.54) is 12.0 Å². The zero-order valence-electron chi connectivity index (χ0n) is 10.6. The van der Waals surface area contributed by atoms with Gasteiger partial charge in [0.1, 0.15) is 6.04 Å². The van der Waals surface area contributed by atoms with Crippen molar-refractivity contribution in [1.82, 2.24) is 4.90 Å². The molecule has 0 aliphatic carbocycles. The van der Waals surface area contributed by atoms with E-state index in [0.717, 1.165) is 0 Å². The number of ether oxygens (including phenoxy) is 1. The highest BCUT2D eigenvalue weighted by atomic mass is 32.2. The molecule has 2 heterocycles. The van der Waals surface area contributed by atoms with Crippen molar-refractivity contribution >= 4 is 29.5 Å². The lowest BCUT2D eigenvalue weighted by Crippen LogP contribution is -2.50. The monoisotopic (exact) mass is 282 g/mol. The fourth-order valence-electron chi connectivity index (χ4n) is 1.89. The van der Waals surface area contributed by atoms with E-state index in [1.54, 1.807) is 40.7 Å². The Bertz CT molecular complexity index is 495. The van der Waals surface area contributed by atoms with Gasteiger partial charge in [0.25, 0.3) is 11.7 Å². The Morgan fingerprint density at radius 3 is 3.05 bits per heavy atom. The summed E-state index contributed by atoms with van der Waals surface area (Å²) < 4.78 is 6.36. The Morgan fingerprint density at radius 1 is 1.58 bits per heavy atom. The maximum Gasteiger partial charge on any atom is 0.329 e. The highest BCUT2D eigenvalue weighted by Gasteiger charge is 2.36. The van der Waals surface area contributed by atoms with Gasteiger partial charge in [0, 0.05) is 11.8 Å². The zero-order valence-corrected chi connectivity index (χ0v) is 11.4. The van der Waals surface area contributed by atoms with Crippen LogP contribution in [0.2, 0.25) is 0 Å². The van der Waals surface area contributed by atoms with E-state index in [-0.39, 0.29) is 18.4 Å². The maximum atomic E-state index is 12.2. The van der Waals surface area contributed by atoms with Gasteiger partial charge in [-0.1, -0.05) is 6.07 Å². The summed E-state index contributed by atoms with van der Waals surface area (Å²) in [6.45, 7) is 0.126. The fraction of sp³-hybridized carbons (Fsp3) is 0.417. The number of nitrogens with zero attached hydrogens (tertiary/aromatic N) is 2. The lowest BCUT2D eigenvalue weighted by Gasteiger charge is -2.21. The molecule has 1 unspecified atom stereocenters. The minimum Gasteiger partial charge on any atom is -0.467 e. The summed E-state index contributed by atoms with van der Waals surface area (Å²) in [6, 6.07) is 4.84. The van der Waals surface area contributed by atoms with Gasteiger partial charge in [-0.15, -0.1) is 11.8 Å². The number of anilines is 1. The van der Waals surface area contributed by atoms with Gasteiger partial charge in [-0.25, -0.2) is 9.36 Å². The van der Waals surface area contributed by atoms with Crippen molar-refractivity contribution in [2.45, 2.75) is 12.6 Å². The third-order valence-electron chi connectivity index (χ3n) is 2.96. The molecular formula is C12H16N3O3S+. The van der Waals surface area contributed by atoms with Crippen LogP contribution in [0.5, 0.6) is 0 Å². The second kappa shape index (κ2) is 5.92. The van der Waals surface area contributed by atoms with Crippen LogP contribution < -0.4 is 10.3 Å². The predicted octanol–water partition coefficient (Wildman–Crippen LogP) is -0.369. The third-order valence-corrected chi connectivity index (χ3v) is 3.97. The predicted molar refractivity (Wildman–Crippen MR) is 71.0 cm³/mol. The molecular weight excluding hydrogens is 266 g/mol. The first-order valence-corrected chi connectivity index (χ1v) is 6.98. The Labute approximate surface area is 115 Å². The summed E-state index contributed by atoms with van der Waals surface area (Å²) in [4.78, 5) is 25.4. The summed E-state index contributed by atoms with van der Waals surface area (Å²) in [5.74, 6) is 1.09. The van der Waals surface area contributed by atoms with Crippen molar-refractivity contribution < 1.29 is 18.9 Å². The van der Waals surface area contributed by atoms with E-state index < -0.39 is 6.04 Å². The Hall–Kier alpha value is -1.76. The molecule has 2 N–H and O–H groups in total. The van der Waals surface area contributed by atoms with E-state index in [4.69, 9.17) is 10.5 Å². The van der Waals surface area contributed by atoms with Crippen molar-refractivity contribution in [2.24, 2.45) is 0 Å². The fourth-order valence-corrected chi connectivity index (χ4v) is 3.06. The number of thioether (sulfide) groups is 1. The largest absolute Gasteiger partial charge is 0.467 e. The van der Waals surface area contributed by atoms with Crippen LogP contribution in [-0.4, -0.2) is 41.6 Å². The lowest BCUT2D eigenvalue weighted by molar-refractivity contribution is -0.670. The molecule has 2 rings (SSSR count). The second-order valence-corrected chi connectivity index (χ2v) is 5.16. The lowest BCUT2D eigenvalue weighted by atomic mass is 10.3. The number of methoxy groups -OCH3 is 1. The number of nitrogens with two attached hydrogens (primary N) is 1. The maximum absolute atomic E-state index is 12.2. The molecule has 1 fully saturated rings. The number of carbonyl (C=O) groups is 2. The number of nitrogen functional groups attached to an aromatic ring is 1. The minimum absolute atomic E-state index is 0.126. The normalized spacial score (nSPS) is 18.4. The standard InChI is InChI=1S/C12H15N3O3S/c1-18-12(17)9-7-19-8-15(9)11(16)6-14-5-3-2-4-10(14)13/h2-5,9,13H,6-8H2,1H3/p+1. The Balaban J connectivity index is 2.07. The molecule has 1 aromatic heterocycles. The van der Waals surface area contributed by atoms with Gasteiger partial charge < -0.3 is 9.64 Å². The molecule has 6 nitrogen and oxygen atoms in total. The molecule has 1 aliphatic heterocycles. The molecule has 1 amide bonds. The zero-order chi connectivity index (χ0) is 13.8. The van der Waals surface area contributed by atoms with Gasteiger partial charge in [0.05, 0.1) is 19.2 Å². The molecule has 0 spiro atoms. The van der Waals surface area contributed by atoms with Gasteiger partial charge >= 0.3 is 5.97 Å². The van der Waals surface area contributed by atoms with Crippen LogP contribution in [0.3, 0.4) is 0 Å². The van der Waals surface area contributed by atoms with Crippen molar-refractivity contribution in [3.63, 3.8) is 0 Å². The van der Waals surface area contributed by atoms with E-state index in [2.05, 4.69) is 0 Å². The number of hydrogen-bond acceptors (Lipinski definition) is 5. The number of amides is 1. The Morgan fingerprint density at radius 2 is 2.37 bits per heavy atom. The van der Waals surface area contributed by atoms with E-state index >= 15 is 0 Å². The summed E-state index contributed by atoms with van der Waals surface area (Å²) in [7, 11) is 1.33. The third kappa shape index (κ3) is 2.98. The molecule has 1 aliphatic rings. The minimum atomic E-state index is -0.493. The number of rotatable bonds is 3. The SMILES string of the molecule is COC(=O)C1CSCN1C(=O)C[n+]1ccccc1N. The average molecular weight is 282 g/mol. The highest BCUT2D eigenvalue weighted by Crippen LogP contribution is 2.21. The van der Waals surface area contributed by atoms with Crippen LogP contribution >= 0.6 is 11.8 Å². The first kappa shape index (κ1) is 13.7. The van der Waals surface area contributed by atoms with Crippen molar-refractivity contribution in [3.8, 4) is 0 Å². The van der Waals surface area contributed by atoms with E-state index in [1.807, 2.05) is 0 Å². The van der Waals surface area contributed by atoms with Crippen LogP contribution in [0.15, 0.2) is 24.4 Å². The number of pyridine rings is 1. The second-order valence-electron chi connectivity index (χ2n) is 4.16. The number of carbonyl (C=O) groups excluding carboxylic acids is 2. The van der Waals surface area contributed by atoms with Gasteiger partial charge in [-0.05, 0) is 6.07 Å². The van der Waals surface area contributed by atoms with Crippen LogP contribution in [-0.2, 0) is 20.9 Å². The van der Waals surface area contributed by atoms with Gasteiger partial charge in [0.15, 0.2) is 6.54 Å². The first-order chi connectivity index (χ1) is 9.13. The van der Waals surface area contributed by atoms with E-state index in [0.29, 0.717) is 17.4 Å². The van der Waals surface area contributed by atoms with Gasteiger partial charge in [0.2, 0.25) is 0 Å². The van der Waals surface area contributed by atoms with Gasteiger partial charge in [-0.3, -0.25) is 10.5 Å². The van der Waals surface area contributed by atoms with Crippen molar-refractivity contribution in [1.29, 1.82) is 0 Å². The molecule has 0 saturated carbocycles. The number of aromatic nitrogens is 1. The highest BCUT2D eigenvalue weighted by molar-refractivity contribution is 7.99. The molecule has 0 aromatic carbocycles. The molecule has 1 atom stereocenters. The summed E-state index contributed by atoms with van der Waals surface area (Å²) in [6.07, 6.45) is 1.74. The molecule has 102 valence electrons. The van der Waals surface area contributed by atoms with Crippen LogP contribution in [0.25, 0.3) is 0 Å². The van der Waals surface area contributed by atoms with E-state index in [9.17, 15) is 9.59 Å². The summed E-state index contributed by atoms with van der Waals surface area (Å²) in [5, 5.41) is 0. The topological polar surface area (TPSA) is 76.5 Å². The molecule has 0 radical (unpaired) electrons. The van der Waals surface area contributed by atoms with Crippen molar-refractivity contribution in [3.05, 3.63) is 24.4 Å². The molecule has 1 aromatic rings. The number of esters is 1.